The van der Waals surface area contributed by atoms with Gasteiger partial charge in [-0.05, 0) is 32.4 Å². The summed E-state index contributed by atoms with van der Waals surface area (Å²) in [7, 11) is 0. The molecule has 2 atom stereocenters. The first-order chi connectivity index (χ1) is 9.01. The van der Waals surface area contributed by atoms with Gasteiger partial charge in [-0.2, -0.15) is 0 Å². The summed E-state index contributed by atoms with van der Waals surface area (Å²) in [5, 5.41) is 16.1. The monoisotopic (exact) mass is 298 g/mol. The number of hydrogen-bond acceptors (Lipinski definition) is 3. The number of aliphatic hydroxyl groups excluding tert-OH is 1. The van der Waals surface area contributed by atoms with Crippen LogP contribution in [0.5, 0.6) is 0 Å². The zero-order chi connectivity index (χ0) is 13.9. The minimum Gasteiger partial charge on any atom is -0.387 e. The van der Waals surface area contributed by atoms with Crippen molar-refractivity contribution in [3.63, 3.8) is 0 Å². The number of aryl methyl sites for hydroxylation is 1. The van der Waals surface area contributed by atoms with E-state index in [1.807, 2.05) is 38.1 Å². The van der Waals surface area contributed by atoms with Crippen molar-refractivity contribution >= 4 is 18.3 Å². The number of aliphatic hydroxyl groups is 1. The van der Waals surface area contributed by atoms with Crippen LogP contribution in [0.4, 0.5) is 0 Å². The molecule has 1 heterocycles. The third-order valence-corrected chi connectivity index (χ3v) is 3.83. The first-order valence-electron chi connectivity index (χ1n) is 6.75. The van der Waals surface area contributed by atoms with Gasteiger partial charge >= 0.3 is 0 Å². The topological polar surface area (TPSA) is 61.4 Å². The SMILES string of the molecule is Cc1ccc(C(O)CNC(=O)C2(C)CCNC2)cc1.Cl. The fourth-order valence-electron chi connectivity index (χ4n) is 2.32. The number of carbonyl (C=O) groups is 1. The number of nitrogens with one attached hydrogen (secondary N) is 2. The highest BCUT2D eigenvalue weighted by atomic mass is 35.5. The van der Waals surface area contributed by atoms with Gasteiger partial charge in [0.1, 0.15) is 0 Å². The molecule has 2 rings (SSSR count). The average molecular weight is 299 g/mol. The van der Waals surface area contributed by atoms with Gasteiger partial charge in [0, 0.05) is 13.1 Å². The van der Waals surface area contributed by atoms with Gasteiger partial charge in [-0.1, -0.05) is 29.8 Å². The van der Waals surface area contributed by atoms with Gasteiger partial charge in [0.15, 0.2) is 0 Å². The van der Waals surface area contributed by atoms with E-state index < -0.39 is 6.10 Å². The fourth-order valence-corrected chi connectivity index (χ4v) is 2.32. The minimum absolute atomic E-state index is 0. The van der Waals surface area contributed by atoms with Crippen LogP contribution in [0, 0.1) is 12.3 Å². The molecule has 1 aliphatic rings. The van der Waals surface area contributed by atoms with Crippen molar-refractivity contribution in [1.82, 2.24) is 10.6 Å². The average Bonchev–Trinajstić information content (AvgIpc) is 2.84. The number of benzene rings is 1. The molecule has 0 radical (unpaired) electrons. The molecule has 4 nitrogen and oxygen atoms in total. The Balaban J connectivity index is 0.00000200. The first-order valence-corrected chi connectivity index (χ1v) is 6.75. The van der Waals surface area contributed by atoms with Gasteiger partial charge in [0.2, 0.25) is 5.91 Å². The molecule has 0 bridgehead atoms. The molecule has 5 heteroatoms. The third kappa shape index (κ3) is 3.95. The Hall–Kier alpha value is -1.10. The maximum atomic E-state index is 12.1. The maximum Gasteiger partial charge on any atom is 0.227 e. The molecule has 0 saturated carbocycles. The summed E-state index contributed by atoms with van der Waals surface area (Å²) in [5.41, 5.74) is 1.65. The number of rotatable bonds is 4. The Bertz CT molecular complexity index is 442. The molecular weight excluding hydrogens is 276 g/mol. The number of carbonyl (C=O) groups excluding carboxylic acids is 1. The van der Waals surface area contributed by atoms with Crippen molar-refractivity contribution in [2.24, 2.45) is 5.41 Å². The molecular formula is C15H23ClN2O2. The van der Waals surface area contributed by atoms with Crippen LogP contribution in [0.25, 0.3) is 0 Å². The van der Waals surface area contributed by atoms with Crippen molar-refractivity contribution < 1.29 is 9.90 Å². The molecule has 1 amide bonds. The van der Waals surface area contributed by atoms with Gasteiger partial charge in [-0.3, -0.25) is 4.79 Å². The minimum atomic E-state index is -0.650. The molecule has 0 aliphatic carbocycles. The standard InChI is InChI=1S/C15H22N2O2.ClH/c1-11-3-5-12(6-4-11)13(18)9-17-14(19)15(2)7-8-16-10-15;/h3-6,13,16,18H,7-10H2,1-2H3,(H,17,19);1H. The van der Waals surface area contributed by atoms with Crippen LogP contribution >= 0.6 is 12.4 Å². The van der Waals surface area contributed by atoms with Gasteiger partial charge in [-0.25, -0.2) is 0 Å². The molecule has 20 heavy (non-hydrogen) atoms. The van der Waals surface area contributed by atoms with Crippen molar-refractivity contribution in [2.45, 2.75) is 26.4 Å². The van der Waals surface area contributed by atoms with E-state index in [-0.39, 0.29) is 30.3 Å². The van der Waals surface area contributed by atoms with Gasteiger partial charge in [0.05, 0.1) is 11.5 Å². The molecule has 0 aromatic heterocycles. The highest BCUT2D eigenvalue weighted by Crippen LogP contribution is 2.24. The van der Waals surface area contributed by atoms with Crippen molar-refractivity contribution in [3.8, 4) is 0 Å². The molecule has 3 N–H and O–H groups in total. The summed E-state index contributed by atoms with van der Waals surface area (Å²) in [6.45, 7) is 5.81. The molecule has 1 fully saturated rings. The summed E-state index contributed by atoms with van der Waals surface area (Å²) >= 11 is 0. The quantitative estimate of drug-likeness (QED) is 0.791. The normalized spacial score (nSPS) is 22.9. The van der Waals surface area contributed by atoms with E-state index in [1.165, 1.54) is 0 Å². The van der Waals surface area contributed by atoms with Gasteiger partial charge in [0.25, 0.3) is 0 Å². The molecule has 0 spiro atoms. The first kappa shape index (κ1) is 17.0. The summed E-state index contributed by atoms with van der Waals surface area (Å²) in [5.74, 6) is 0.0173. The van der Waals surface area contributed by atoms with Crippen molar-refractivity contribution in [1.29, 1.82) is 0 Å². The van der Waals surface area contributed by atoms with Crippen LogP contribution < -0.4 is 10.6 Å². The smallest absolute Gasteiger partial charge is 0.227 e. The lowest BCUT2D eigenvalue weighted by molar-refractivity contribution is -0.129. The van der Waals surface area contributed by atoms with E-state index >= 15 is 0 Å². The molecule has 2 unspecified atom stereocenters. The van der Waals surface area contributed by atoms with Crippen LogP contribution in [0.1, 0.15) is 30.6 Å². The maximum absolute atomic E-state index is 12.1. The number of halogens is 1. The Labute approximate surface area is 126 Å². The van der Waals surface area contributed by atoms with Crippen LogP contribution in [-0.2, 0) is 4.79 Å². The molecule has 1 aromatic rings. The van der Waals surface area contributed by atoms with Crippen LogP contribution in [-0.4, -0.2) is 30.6 Å². The second-order valence-electron chi connectivity index (χ2n) is 5.62. The fraction of sp³-hybridized carbons (Fsp3) is 0.533. The zero-order valence-corrected chi connectivity index (χ0v) is 12.8. The summed E-state index contributed by atoms with van der Waals surface area (Å²) in [6.07, 6.45) is 0.196. The second kappa shape index (κ2) is 7.07. The summed E-state index contributed by atoms with van der Waals surface area (Å²) in [6, 6.07) is 7.71. The van der Waals surface area contributed by atoms with Crippen LogP contribution in [0.3, 0.4) is 0 Å². The van der Waals surface area contributed by atoms with Crippen molar-refractivity contribution in [3.05, 3.63) is 35.4 Å². The molecule has 1 aliphatic heterocycles. The second-order valence-corrected chi connectivity index (χ2v) is 5.62. The van der Waals surface area contributed by atoms with E-state index in [0.717, 1.165) is 24.1 Å². The van der Waals surface area contributed by atoms with E-state index in [0.29, 0.717) is 6.54 Å². The zero-order valence-electron chi connectivity index (χ0n) is 12.0. The molecule has 112 valence electrons. The Morgan fingerprint density at radius 1 is 1.45 bits per heavy atom. The van der Waals surface area contributed by atoms with Gasteiger partial charge in [-0.15, -0.1) is 12.4 Å². The van der Waals surface area contributed by atoms with E-state index in [4.69, 9.17) is 0 Å². The Kier molecular flexibility index (Phi) is 5.99. The molecule has 1 aromatic carbocycles. The number of hydrogen-bond donors (Lipinski definition) is 3. The van der Waals surface area contributed by atoms with Crippen molar-refractivity contribution in [2.75, 3.05) is 19.6 Å². The van der Waals surface area contributed by atoms with E-state index in [2.05, 4.69) is 10.6 Å². The van der Waals surface area contributed by atoms with Crippen LogP contribution in [0.15, 0.2) is 24.3 Å². The number of amides is 1. The third-order valence-electron chi connectivity index (χ3n) is 3.83. The largest absolute Gasteiger partial charge is 0.387 e. The van der Waals surface area contributed by atoms with Gasteiger partial charge < -0.3 is 15.7 Å². The van der Waals surface area contributed by atoms with Crippen LogP contribution in [0.2, 0.25) is 0 Å². The lowest BCUT2D eigenvalue weighted by Gasteiger charge is -2.22. The lowest BCUT2D eigenvalue weighted by atomic mass is 9.89. The summed E-state index contributed by atoms with van der Waals surface area (Å²) in [4.78, 5) is 12.1. The highest BCUT2D eigenvalue weighted by Gasteiger charge is 2.36. The Morgan fingerprint density at radius 2 is 2.10 bits per heavy atom. The predicted molar refractivity (Wildman–Crippen MR) is 82.0 cm³/mol. The summed E-state index contributed by atoms with van der Waals surface area (Å²) < 4.78 is 0. The van der Waals surface area contributed by atoms with E-state index in [1.54, 1.807) is 0 Å². The molecule has 1 saturated heterocycles. The highest BCUT2D eigenvalue weighted by molar-refractivity contribution is 5.85. The predicted octanol–water partition coefficient (Wildman–Crippen LogP) is 1.57. The Morgan fingerprint density at radius 3 is 2.65 bits per heavy atom. The van der Waals surface area contributed by atoms with E-state index in [9.17, 15) is 9.90 Å². The lowest BCUT2D eigenvalue weighted by Crippen LogP contribution is -2.41.